The highest BCUT2D eigenvalue weighted by atomic mass is 16.5. The Morgan fingerprint density at radius 2 is 1.53 bits per heavy atom. The summed E-state index contributed by atoms with van der Waals surface area (Å²) in [5.74, 6) is 2.20. The SMILES string of the molecule is COc1ccccc1-n1nc(CC(c2ccccc2)c2ccccc2)c2c1NCCCC2. The molecule has 0 amide bonds. The standard InChI is InChI=1S/C28H29N3O/c1-32-27-18-9-8-17-26(27)31-28-23(16-10-11-19-29-28)25(30-31)20-24(21-12-4-2-5-13-21)22-14-6-3-7-15-22/h2-9,12-15,17-18,24,29H,10-11,16,19-20H2,1H3. The molecule has 0 saturated carbocycles. The first kappa shape index (κ1) is 20.4. The minimum absolute atomic E-state index is 0.255. The maximum atomic E-state index is 5.66. The van der Waals surface area contributed by atoms with Crippen molar-refractivity contribution >= 4 is 5.82 Å². The van der Waals surface area contributed by atoms with Crippen LogP contribution in [0.5, 0.6) is 5.75 Å². The average Bonchev–Trinajstić information content (AvgIpc) is 3.02. The molecule has 0 radical (unpaired) electrons. The molecule has 0 bridgehead atoms. The highest BCUT2D eigenvalue weighted by Gasteiger charge is 2.25. The number of nitrogens with zero attached hydrogens (tertiary/aromatic N) is 2. The van der Waals surface area contributed by atoms with E-state index in [-0.39, 0.29) is 5.92 Å². The van der Waals surface area contributed by atoms with Crippen molar-refractivity contribution in [2.24, 2.45) is 0 Å². The molecule has 162 valence electrons. The summed E-state index contributed by atoms with van der Waals surface area (Å²) in [6.07, 6.45) is 4.25. The second-order valence-corrected chi connectivity index (χ2v) is 8.32. The average molecular weight is 424 g/mol. The molecule has 4 heteroatoms. The topological polar surface area (TPSA) is 39.1 Å². The van der Waals surface area contributed by atoms with Gasteiger partial charge in [0.1, 0.15) is 17.3 Å². The van der Waals surface area contributed by atoms with Crippen LogP contribution in [0.2, 0.25) is 0 Å². The van der Waals surface area contributed by atoms with Gasteiger partial charge in [-0.25, -0.2) is 4.68 Å². The molecule has 4 nitrogen and oxygen atoms in total. The molecule has 1 aromatic heterocycles. The van der Waals surface area contributed by atoms with E-state index in [0.29, 0.717) is 0 Å². The zero-order valence-electron chi connectivity index (χ0n) is 18.5. The van der Waals surface area contributed by atoms with E-state index >= 15 is 0 Å². The molecule has 1 N–H and O–H groups in total. The Labute approximate surface area is 189 Å². The lowest BCUT2D eigenvalue weighted by molar-refractivity contribution is 0.412. The lowest BCUT2D eigenvalue weighted by atomic mass is 9.86. The molecule has 2 heterocycles. The molecule has 5 rings (SSSR count). The van der Waals surface area contributed by atoms with E-state index < -0.39 is 0 Å². The number of hydrogen-bond donors (Lipinski definition) is 1. The third-order valence-corrected chi connectivity index (χ3v) is 6.33. The number of aromatic nitrogens is 2. The Balaban J connectivity index is 1.62. The minimum atomic E-state index is 0.255. The van der Waals surface area contributed by atoms with Gasteiger partial charge in [-0.1, -0.05) is 72.8 Å². The van der Waals surface area contributed by atoms with Gasteiger partial charge in [0.25, 0.3) is 0 Å². The monoisotopic (exact) mass is 423 g/mol. The lowest BCUT2D eigenvalue weighted by Gasteiger charge is -2.18. The van der Waals surface area contributed by atoms with E-state index in [4.69, 9.17) is 9.84 Å². The summed E-state index contributed by atoms with van der Waals surface area (Å²) in [5, 5.41) is 8.84. The van der Waals surface area contributed by atoms with Crippen LogP contribution >= 0.6 is 0 Å². The number of ether oxygens (including phenoxy) is 1. The van der Waals surface area contributed by atoms with Crippen LogP contribution in [0.15, 0.2) is 84.9 Å². The van der Waals surface area contributed by atoms with Crippen LogP contribution in [0.25, 0.3) is 5.69 Å². The molecule has 1 aliphatic rings. The van der Waals surface area contributed by atoms with Crippen LogP contribution in [0.4, 0.5) is 5.82 Å². The van der Waals surface area contributed by atoms with E-state index in [9.17, 15) is 0 Å². The van der Waals surface area contributed by atoms with Crippen molar-refractivity contribution in [1.29, 1.82) is 0 Å². The molecule has 3 aromatic carbocycles. The molecule has 32 heavy (non-hydrogen) atoms. The molecule has 0 unspecified atom stereocenters. The second kappa shape index (κ2) is 9.31. The van der Waals surface area contributed by atoms with Gasteiger partial charge in [0.15, 0.2) is 0 Å². The van der Waals surface area contributed by atoms with Gasteiger partial charge in [0.2, 0.25) is 0 Å². The van der Waals surface area contributed by atoms with Crippen molar-refractivity contribution in [3.63, 3.8) is 0 Å². The first-order valence-electron chi connectivity index (χ1n) is 11.4. The predicted molar refractivity (Wildman–Crippen MR) is 130 cm³/mol. The normalized spacial score (nSPS) is 13.3. The summed E-state index contributed by atoms with van der Waals surface area (Å²) in [4.78, 5) is 0. The smallest absolute Gasteiger partial charge is 0.144 e. The van der Waals surface area contributed by atoms with E-state index in [1.165, 1.54) is 29.5 Å². The molecule has 0 fully saturated rings. The number of para-hydroxylation sites is 2. The van der Waals surface area contributed by atoms with E-state index in [1.807, 2.05) is 18.2 Å². The van der Waals surface area contributed by atoms with Crippen LogP contribution in [0, 0.1) is 0 Å². The predicted octanol–water partition coefficient (Wildman–Crippen LogP) is 6.00. The van der Waals surface area contributed by atoms with E-state index in [1.54, 1.807) is 7.11 Å². The Morgan fingerprint density at radius 1 is 0.875 bits per heavy atom. The molecule has 0 saturated heterocycles. The van der Waals surface area contributed by atoms with Crippen LogP contribution in [-0.4, -0.2) is 23.4 Å². The maximum Gasteiger partial charge on any atom is 0.144 e. The van der Waals surface area contributed by atoms with Gasteiger partial charge in [-0.05, 0) is 42.5 Å². The Kier molecular flexibility index (Phi) is 5.93. The number of nitrogens with one attached hydrogen (secondary N) is 1. The van der Waals surface area contributed by atoms with Gasteiger partial charge in [-0.2, -0.15) is 5.10 Å². The summed E-state index contributed by atoms with van der Waals surface area (Å²) in [5.41, 5.74) is 6.12. The second-order valence-electron chi connectivity index (χ2n) is 8.32. The van der Waals surface area contributed by atoms with Crippen molar-refractivity contribution in [3.05, 3.63) is 107 Å². The summed E-state index contributed by atoms with van der Waals surface area (Å²) < 4.78 is 7.72. The number of fused-ring (bicyclic) bond motifs is 1. The van der Waals surface area contributed by atoms with Gasteiger partial charge in [0.05, 0.1) is 12.8 Å². The van der Waals surface area contributed by atoms with Gasteiger partial charge in [-0.15, -0.1) is 0 Å². The van der Waals surface area contributed by atoms with Crippen LogP contribution in [0.1, 0.15) is 41.1 Å². The summed E-state index contributed by atoms with van der Waals surface area (Å²) in [7, 11) is 1.72. The largest absolute Gasteiger partial charge is 0.494 e. The molecule has 0 atom stereocenters. The van der Waals surface area contributed by atoms with Gasteiger partial charge < -0.3 is 10.1 Å². The van der Waals surface area contributed by atoms with Crippen LogP contribution in [0.3, 0.4) is 0 Å². The molecule has 0 spiro atoms. The van der Waals surface area contributed by atoms with Gasteiger partial charge >= 0.3 is 0 Å². The van der Waals surface area contributed by atoms with Gasteiger partial charge in [-0.3, -0.25) is 0 Å². The molecule has 1 aliphatic heterocycles. The third kappa shape index (κ3) is 4.01. The number of rotatable bonds is 6. The zero-order valence-corrected chi connectivity index (χ0v) is 18.5. The van der Waals surface area contributed by atoms with Gasteiger partial charge in [0, 0.05) is 24.4 Å². The first-order valence-corrected chi connectivity index (χ1v) is 11.4. The van der Waals surface area contributed by atoms with Crippen molar-refractivity contribution < 1.29 is 4.74 Å². The number of methoxy groups -OCH3 is 1. The van der Waals surface area contributed by atoms with Crippen molar-refractivity contribution in [3.8, 4) is 11.4 Å². The lowest BCUT2D eigenvalue weighted by Crippen LogP contribution is -2.09. The molecule has 4 aromatic rings. The fourth-order valence-corrected chi connectivity index (χ4v) is 4.71. The van der Waals surface area contributed by atoms with Crippen molar-refractivity contribution in [2.45, 2.75) is 31.6 Å². The first-order chi connectivity index (χ1) is 15.8. The van der Waals surface area contributed by atoms with Crippen LogP contribution in [-0.2, 0) is 12.8 Å². The van der Waals surface area contributed by atoms with Crippen molar-refractivity contribution in [1.82, 2.24) is 9.78 Å². The Bertz CT molecular complexity index is 1130. The molecular formula is C28H29N3O. The highest BCUT2D eigenvalue weighted by Crippen LogP contribution is 2.35. The summed E-state index contributed by atoms with van der Waals surface area (Å²) in [6.45, 7) is 0.966. The van der Waals surface area contributed by atoms with Crippen molar-refractivity contribution in [2.75, 3.05) is 19.0 Å². The maximum absolute atomic E-state index is 5.66. The highest BCUT2D eigenvalue weighted by molar-refractivity contribution is 5.58. The van der Waals surface area contributed by atoms with E-state index in [2.05, 4.69) is 76.7 Å². The number of anilines is 1. The summed E-state index contributed by atoms with van der Waals surface area (Å²) in [6, 6.07) is 29.7. The molecule has 0 aliphatic carbocycles. The van der Waals surface area contributed by atoms with E-state index in [0.717, 1.165) is 42.3 Å². The fraction of sp³-hybridized carbons (Fsp3) is 0.250. The minimum Gasteiger partial charge on any atom is -0.494 e. The zero-order chi connectivity index (χ0) is 21.8. The fourth-order valence-electron chi connectivity index (χ4n) is 4.71. The summed E-state index contributed by atoms with van der Waals surface area (Å²) >= 11 is 0. The quantitative estimate of drug-likeness (QED) is 0.413. The Hall–Kier alpha value is -3.53. The Morgan fingerprint density at radius 3 is 2.22 bits per heavy atom. The third-order valence-electron chi connectivity index (χ3n) is 6.33. The number of benzene rings is 3. The number of hydrogen-bond acceptors (Lipinski definition) is 3. The molecular weight excluding hydrogens is 394 g/mol. The van der Waals surface area contributed by atoms with Crippen LogP contribution < -0.4 is 10.1 Å².